The Morgan fingerprint density at radius 1 is 1.17 bits per heavy atom. The van der Waals surface area contributed by atoms with Crippen molar-refractivity contribution in [1.82, 2.24) is 4.90 Å². The van der Waals surface area contributed by atoms with Crippen molar-refractivity contribution in [1.29, 1.82) is 0 Å². The van der Waals surface area contributed by atoms with Crippen molar-refractivity contribution in [2.45, 2.75) is 11.9 Å². The number of carbonyl (C=O) groups is 2. The van der Waals surface area contributed by atoms with E-state index in [1.165, 1.54) is 0 Å². The van der Waals surface area contributed by atoms with Crippen LogP contribution in [-0.2, 0) is 11.3 Å². The first kappa shape index (κ1) is 15.9. The van der Waals surface area contributed by atoms with Gasteiger partial charge in [-0.3, -0.25) is 9.59 Å². The van der Waals surface area contributed by atoms with Gasteiger partial charge in [-0.25, -0.2) is 0 Å². The summed E-state index contributed by atoms with van der Waals surface area (Å²) in [7, 11) is 0. The van der Waals surface area contributed by atoms with Crippen LogP contribution in [0.15, 0.2) is 48.5 Å². The average molecular weight is 347 g/mol. The van der Waals surface area contributed by atoms with Crippen molar-refractivity contribution in [3.05, 3.63) is 70.2 Å². The Morgan fingerprint density at radius 3 is 2.43 bits per heavy atom. The molecule has 0 aliphatic carbocycles. The summed E-state index contributed by atoms with van der Waals surface area (Å²) in [4.78, 5) is 25.2. The molecule has 2 aromatic carbocycles. The fourth-order valence-corrected chi connectivity index (χ4v) is 3.81. The zero-order valence-electron chi connectivity index (χ0n) is 12.2. The van der Waals surface area contributed by atoms with Crippen LogP contribution in [0, 0.1) is 0 Å². The van der Waals surface area contributed by atoms with E-state index in [9.17, 15) is 9.59 Å². The second-order valence-corrected chi connectivity index (χ2v) is 6.80. The molecule has 0 spiro atoms. The number of halogens is 1. The molecule has 2 N–H and O–H groups in total. The first-order valence-electron chi connectivity index (χ1n) is 7.10. The van der Waals surface area contributed by atoms with Crippen molar-refractivity contribution in [3.8, 4) is 0 Å². The van der Waals surface area contributed by atoms with Gasteiger partial charge in [0.05, 0.1) is 5.75 Å². The Balaban J connectivity index is 1.81. The summed E-state index contributed by atoms with van der Waals surface area (Å²) in [6.07, 6.45) is 0. The molecule has 0 aromatic heterocycles. The normalized spacial score (nSPS) is 17.5. The summed E-state index contributed by atoms with van der Waals surface area (Å²) in [6, 6.07) is 14.6. The maximum Gasteiger partial charge on any atom is 0.248 e. The number of hydrogen-bond acceptors (Lipinski definition) is 3. The Bertz CT molecular complexity index is 731. The Kier molecular flexibility index (Phi) is 4.59. The lowest BCUT2D eigenvalue weighted by molar-refractivity contribution is -0.128. The van der Waals surface area contributed by atoms with Gasteiger partial charge in [0.2, 0.25) is 11.8 Å². The van der Waals surface area contributed by atoms with E-state index in [1.807, 2.05) is 41.3 Å². The molecule has 6 heteroatoms. The fourth-order valence-electron chi connectivity index (χ4n) is 2.50. The van der Waals surface area contributed by atoms with Crippen LogP contribution in [0.1, 0.15) is 26.9 Å². The molecule has 1 heterocycles. The van der Waals surface area contributed by atoms with Gasteiger partial charge in [0.15, 0.2) is 0 Å². The second-order valence-electron chi connectivity index (χ2n) is 5.30. The van der Waals surface area contributed by atoms with Gasteiger partial charge < -0.3 is 10.6 Å². The first-order chi connectivity index (χ1) is 11.0. The summed E-state index contributed by atoms with van der Waals surface area (Å²) >= 11 is 7.48. The van der Waals surface area contributed by atoms with Gasteiger partial charge in [0.25, 0.3) is 0 Å². The van der Waals surface area contributed by atoms with Crippen LogP contribution < -0.4 is 5.73 Å². The van der Waals surface area contributed by atoms with E-state index in [1.54, 1.807) is 23.9 Å². The van der Waals surface area contributed by atoms with E-state index < -0.39 is 5.91 Å². The molecule has 0 bridgehead atoms. The quantitative estimate of drug-likeness (QED) is 0.924. The van der Waals surface area contributed by atoms with Crippen LogP contribution in [0.3, 0.4) is 0 Å². The van der Waals surface area contributed by atoms with Crippen LogP contribution in [0.2, 0.25) is 5.02 Å². The molecule has 1 atom stereocenters. The third kappa shape index (κ3) is 3.51. The molecule has 1 aliphatic rings. The molecule has 118 valence electrons. The number of primary amides is 1. The third-order valence-electron chi connectivity index (χ3n) is 3.71. The molecular weight excluding hydrogens is 332 g/mol. The van der Waals surface area contributed by atoms with Gasteiger partial charge >= 0.3 is 0 Å². The van der Waals surface area contributed by atoms with Crippen molar-refractivity contribution in [2.24, 2.45) is 5.73 Å². The minimum Gasteiger partial charge on any atom is -0.366 e. The van der Waals surface area contributed by atoms with Gasteiger partial charge in [0, 0.05) is 17.1 Å². The number of nitrogens with zero attached hydrogens (tertiary/aromatic N) is 1. The lowest BCUT2D eigenvalue weighted by Crippen LogP contribution is -2.27. The van der Waals surface area contributed by atoms with Gasteiger partial charge in [-0.1, -0.05) is 35.9 Å². The second kappa shape index (κ2) is 6.64. The van der Waals surface area contributed by atoms with E-state index >= 15 is 0 Å². The summed E-state index contributed by atoms with van der Waals surface area (Å²) in [6.45, 7) is 0.533. The molecule has 1 saturated heterocycles. The summed E-state index contributed by atoms with van der Waals surface area (Å²) in [5, 5.41) is 0.620. The Labute approximate surface area is 143 Å². The summed E-state index contributed by atoms with van der Waals surface area (Å²) in [5.41, 5.74) is 7.74. The van der Waals surface area contributed by atoms with Crippen molar-refractivity contribution < 1.29 is 9.59 Å². The van der Waals surface area contributed by atoms with Crippen LogP contribution in [-0.4, -0.2) is 22.5 Å². The van der Waals surface area contributed by atoms with E-state index in [0.29, 0.717) is 22.9 Å². The molecule has 23 heavy (non-hydrogen) atoms. The highest BCUT2D eigenvalue weighted by Crippen LogP contribution is 2.39. The zero-order valence-corrected chi connectivity index (χ0v) is 13.8. The average Bonchev–Trinajstić information content (AvgIpc) is 2.91. The van der Waals surface area contributed by atoms with Crippen LogP contribution in [0.5, 0.6) is 0 Å². The maximum absolute atomic E-state index is 12.2. The number of benzene rings is 2. The standard InChI is InChI=1S/C17H15ClN2O2S/c18-14-7-1-11(2-8-14)9-20-15(21)10-23-17(20)13-5-3-12(4-6-13)16(19)22/h1-8,17H,9-10H2,(H2,19,22)/t17-/m1/s1. The van der Waals surface area contributed by atoms with Crippen LogP contribution in [0.25, 0.3) is 0 Å². The molecule has 4 nitrogen and oxygen atoms in total. The van der Waals surface area contributed by atoms with Crippen molar-refractivity contribution in [3.63, 3.8) is 0 Å². The monoisotopic (exact) mass is 346 g/mol. The summed E-state index contributed by atoms with van der Waals surface area (Å²) < 4.78 is 0. The highest BCUT2D eigenvalue weighted by molar-refractivity contribution is 8.00. The van der Waals surface area contributed by atoms with Gasteiger partial charge in [-0.15, -0.1) is 11.8 Å². The predicted molar refractivity (Wildman–Crippen MR) is 92.2 cm³/mol. The highest BCUT2D eigenvalue weighted by Gasteiger charge is 2.32. The first-order valence-corrected chi connectivity index (χ1v) is 8.52. The Morgan fingerprint density at radius 2 is 1.83 bits per heavy atom. The number of thioether (sulfide) groups is 1. The minimum absolute atomic E-state index is 0.0555. The van der Waals surface area contributed by atoms with Crippen LogP contribution in [0.4, 0.5) is 0 Å². The largest absolute Gasteiger partial charge is 0.366 e. The predicted octanol–water partition coefficient (Wildman–Crippen LogP) is 3.21. The summed E-state index contributed by atoms with van der Waals surface area (Å²) in [5.74, 6) is 0.106. The van der Waals surface area contributed by atoms with E-state index in [4.69, 9.17) is 17.3 Å². The number of rotatable bonds is 4. The fraction of sp³-hybridized carbons (Fsp3) is 0.176. The van der Waals surface area contributed by atoms with Crippen molar-refractivity contribution in [2.75, 3.05) is 5.75 Å². The minimum atomic E-state index is -0.454. The number of amides is 2. The molecule has 1 aliphatic heterocycles. The van der Waals surface area contributed by atoms with E-state index in [-0.39, 0.29) is 11.3 Å². The molecule has 0 unspecified atom stereocenters. The lowest BCUT2D eigenvalue weighted by atomic mass is 10.1. The van der Waals surface area contributed by atoms with E-state index in [0.717, 1.165) is 11.1 Å². The topological polar surface area (TPSA) is 63.4 Å². The molecule has 1 fully saturated rings. The number of carbonyl (C=O) groups excluding carboxylic acids is 2. The third-order valence-corrected chi connectivity index (χ3v) is 5.22. The highest BCUT2D eigenvalue weighted by atomic mass is 35.5. The number of hydrogen-bond donors (Lipinski definition) is 1. The van der Waals surface area contributed by atoms with Gasteiger partial charge in [-0.2, -0.15) is 0 Å². The molecule has 0 saturated carbocycles. The van der Waals surface area contributed by atoms with Gasteiger partial charge in [0.1, 0.15) is 5.37 Å². The van der Waals surface area contributed by atoms with Gasteiger partial charge in [-0.05, 0) is 35.4 Å². The lowest BCUT2D eigenvalue weighted by Gasteiger charge is -2.24. The SMILES string of the molecule is NC(=O)c1ccc([C@H]2SCC(=O)N2Cc2ccc(Cl)cc2)cc1. The van der Waals surface area contributed by atoms with E-state index in [2.05, 4.69) is 0 Å². The molecule has 0 radical (unpaired) electrons. The maximum atomic E-state index is 12.2. The van der Waals surface area contributed by atoms with Crippen molar-refractivity contribution >= 4 is 35.2 Å². The molecule has 3 rings (SSSR count). The molecular formula is C17H15ClN2O2S. The Hall–Kier alpha value is -1.98. The molecule has 2 amide bonds. The smallest absolute Gasteiger partial charge is 0.248 e. The van der Waals surface area contributed by atoms with Crippen LogP contribution >= 0.6 is 23.4 Å². The molecule has 2 aromatic rings. The number of nitrogens with two attached hydrogens (primary N) is 1. The zero-order chi connectivity index (χ0) is 16.4.